The van der Waals surface area contributed by atoms with E-state index in [1.807, 2.05) is 6.07 Å². The summed E-state index contributed by atoms with van der Waals surface area (Å²) in [6, 6.07) is 1.84. The molecule has 1 saturated heterocycles. The quantitative estimate of drug-likeness (QED) is 0.786. The SMILES string of the molecule is CC1CC1C(=O)NCCCN1CCN(c2ncccn2)CC1. The van der Waals surface area contributed by atoms with Crippen molar-refractivity contribution in [2.24, 2.45) is 11.8 Å². The Morgan fingerprint density at radius 1 is 1.27 bits per heavy atom. The normalized spacial score (nSPS) is 25.0. The van der Waals surface area contributed by atoms with E-state index in [4.69, 9.17) is 0 Å². The van der Waals surface area contributed by atoms with Crippen molar-refractivity contribution < 1.29 is 4.79 Å². The molecule has 22 heavy (non-hydrogen) atoms. The highest BCUT2D eigenvalue weighted by atomic mass is 16.2. The molecule has 120 valence electrons. The average Bonchev–Trinajstić information content (AvgIpc) is 3.30. The minimum atomic E-state index is 0.249. The van der Waals surface area contributed by atoms with Crippen molar-refractivity contribution in [3.63, 3.8) is 0 Å². The molecule has 1 aliphatic heterocycles. The van der Waals surface area contributed by atoms with E-state index in [1.165, 1.54) is 0 Å². The van der Waals surface area contributed by atoms with E-state index in [9.17, 15) is 4.79 Å². The maximum absolute atomic E-state index is 11.7. The molecule has 2 aliphatic rings. The first-order chi connectivity index (χ1) is 10.7. The standard InChI is InChI=1S/C16H25N5O/c1-13-12-14(13)15(22)17-6-3-7-20-8-10-21(11-9-20)16-18-4-2-5-19-16/h2,4-5,13-14H,3,6-12H2,1H3,(H,17,22). The molecule has 6 nitrogen and oxygen atoms in total. The molecule has 0 bridgehead atoms. The van der Waals surface area contributed by atoms with Crippen molar-refractivity contribution in [1.29, 1.82) is 0 Å². The molecule has 2 unspecified atom stereocenters. The second-order valence-corrected chi connectivity index (χ2v) is 6.34. The van der Waals surface area contributed by atoms with Crippen LogP contribution in [0.4, 0.5) is 5.95 Å². The number of carbonyl (C=O) groups is 1. The fraction of sp³-hybridized carbons (Fsp3) is 0.688. The summed E-state index contributed by atoms with van der Waals surface area (Å²) in [5.74, 6) is 1.95. The Morgan fingerprint density at radius 2 is 1.95 bits per heavy atom. The van der Waals surface area contributed by atoms with E-state index >= 15 is 0 Å². The molecule has 2 atom stereocenters. The Morgan fingerprint density at radius 3 is 2.59 bits per heavy atom. The summed E-state index contributed by atoms with van der Waals surface area (Å²) >= 11 is 0. The summed E-state index contributed by atoms with van der Waals surface area (Å²) in [5, 5.41) is 3.05. The third kappa shape index (κ3) is 3.94. The summed E-state index contributed by atoms with van der Waals surface area (Å²) in [6.45, 7) is 7.98. The van der Waals surface area contributed by atoms with Crippen LogP contribution in [0, 0.1) is 11.8 Å². The van der Waals surface area contributed by atoms with Gasteiger partial charge in [-0.1, -0.05) is 6.92 Å². The van der Waals surface area contributed by atoms with Crippen molar-refractivity contribution in [3.05, 3.63) is 18.5 Å². The first-order valence-electron chi connectivity index (χ1n) is 8.26. The van der Waals surface area contributed by atoms with Crippen LogP contribution in [0.15, 0.2) is 18.5 Å². The molecular formula is C16H25N5O. The molecule has 1 aromatic rings. The predicted octanol–water partition coefficient (Wildman–Crippen LogP) is 0.761. The van der Waals surface area contributed by atoms with Crippen molar-refractivity contribution in [2.45, 2.75) is 19.8 Å². The smallest absolute Gasteiger partial charge is 0.225 e. The van der Waals surface area contributed by atoms with Gasteiger partial charge in [0.2, 0.25) is 11.9 Å². The minimum absolute atomic E-state index is 0.249. The molecule has 2 fully saturated rings. The van der Waals surface area contributed by atoms with Crippen LogP contribution in [-0.2, 0) is 4.79 Å². The van der Waals surface area contributed by atoms with E-state index < -0.39 is 0 Å². The Balaban J connectivity index is 1.30. The zero-order valence-corrected chi connectivity index (χ0v) is 13.2. The molecule has 1 aromatic heterocycles. The number of nitrogens with one attached hydrogen (secondary N) is 1. The van der Waals surface area contributed by atoms with Crippen molar-refractivity contribution in [1.82, 2.24) is 20.2 Å². The second-order valence-electron chi connectivity index (χ2n) is 6.34. The third-order valence-corrected chi connectivity index (χ3v) is 4.60. The van der Waals surface area contributed by atoms with Gasteiger partial charge in [0.25, 0.3) is 0 Å². The van der Waals surface area contributed by atoms with Gasteiger partial charge in [0.1, 0.15) is 0 Å². The van der Waals surface area contributed by atoms with Crippen LogP contribution in [0.2, 0.25) is 0 Å². The van der Waals surface area contributed by atoms with Crippen molar-refractivity contribution >= 4 is 11.9 Å². The maximum atomic E-state index is 11.7. The van der Waals surface area contributed by atoms with Gasteiger partial charge in [-0.25, -0.2) is 9.97 Å². The Bertz CT molecular complexity index is 487. The van der Waals surface area contributed by atoms with E-state index in [0.717, 1.165) is 58.1 Å². The molecule has 1 amide bonds. The summed E-state index contributed by atoms with van der Waals surface area (Å²) in [6.07, 6.45) is 5.67. The van der Waals surface area contributed by atoms with Gasteiger partial charge in [-0.05, 0) is 31.4 Å². The zero-order valence-electron chi connectivity index (χ0n) is 13.2. The lowest BCUT2D eigenvalue weighted by Crippen LogP contribution is -2.47. The Hall–Kier alpha value is -1.69. The number of anilines is 1. The number of hydrogen-bond acceptors (Lipinski definition) is 5. The largest absolute Gasteiger partial charge is 0.356 e. The average molecular weight is 303 g/mol. The van der Waals surface area contributed by atoms with Gasteiger partial charge in [0.05, 0.1) is 0 Å². The minimum Gasteiger partial charge on any atom is -0.356 e. The number of nitrogens with zero attached hydrogens (tertiary/aromatic N) is 4. The fourth-order valence-electron chi connectivity index (χ4n) is 2.96. The lowest BCUT2D eigenvalue weighted by Gasteiger charge is -2.34. The van der Waals surface area contributed by atoms with Gasteiger partial charge in [0.15, 0.2) is 0 Å². The molecular weight excluding hydrogens is 278 g/mol. The summed E-state index contributed by atoms with van der Waals surface area (Å²) in [5.41, 5.74) is 0. The first kappa shape index (κ1) is 15.2. The van der Waals surface area contributed by atoms with Crippen LogP contribution in [0.3, 0.4) is 0 Å². The van der Waals surface area contributed by atoms with Crippen LogP contribution >= 0.6 is 0 Å². The van der Waals surface area contributed by atoms with Crippen LogP contribution in [-0.4, -0.2) is 60.0 Å². The molecule has 6 heteroatoms. The monoisotopic (exact) mass is 303 g/mol. The van der Waals surface area contributed by atoms with Gasteiger partial charge in [-0.3, -0.25) is 9.69 Å². The predicted molar refractivity (Wildman–Crippen MR) is 85.6 cm³/mol. The molecule has 1 saturated carbocycles. The van der Waals surface area contributed by atoms with E-state index in [2.05, 4.69) is 32.0 Å². The third-order valence-electron chi connectivity index (χ3n) is 4.60. The van der Waals surface area contributed by atoms with Gasteiger partial charge in [-0.15, -0.1) is 0 Å². The van der Waals surface area contributed by atoms with Crippen LogP contribution < -0.4 is 10.2 Å². The number of hydrogen-bond donors (Lipinski definition) is 1. The number of rotatable bonds is 6. The topological polar surface area (TPSA) is 61.4 Å². The molecule has 1 aliphatic carbocycles. The first-order valence-corrected chi connectivity index (χ1v) is 8.26. The lowest BCUT2D eigenvalue weighted by molar-refractivity contribution is -0.122. The summed E-state index contributed by atoms with van der Waals surface area (Å²) < 4.78 is 0. The molecule has 1 N–H and O–H groups in total. The highest BCUT2D eigenvalue weighted by Crippen LogP contribution is 2.37. The lowest BCUT2D eigenvalue weighted by atomic mass is 10.3. The molecule has 2 heterocycles. The van der Waals surface area contributed by atoms with Gasteiger partial charge >= 0.3 is 0 Å². The molecule has 0 spiro atoms. The molecule has 0 radical (unpaired) electrons. The van der Waals surface area contributed by atoms with Gasteiger partial charge in [-0.2, -0.15) is 0 Å². The highest BCUT2D eigenvalue weighted by molar-refractivity contribution is 5.81. The number of amides is 1. The maximum Gasteiger partial charge on any atom is 0.225 e. The molecule has 0 aromatic carbocycles. The van der Waals surface area contributed by atoms with Crippen molar-refractivity contribution in [3.8, 4) is 0 Å². The second kappa shape index (κ2) is 7.05. The summed E-state index contributed by atoms with van der Waals surface area (Å²) in [7, 11) is 0. The van der Waals surface area contributed by atoms with Gasteiger partial charge in [0, 0.05) is 51.0 Å². The Kier molecular flexibility index (Phi) is 4.87. The Labute approximate surface area is 131 Å². The van der Waals surface area contributed by atoms with E-state index in [1.54, 1.807) is 12.4 Å². The van der Waals surface area contributed by atoms with E-state index in [0.29, 0.717) is 5.92 Å². The highest BCUT2D eigenvalue weighted by Gasteiger charge is 2.38. The van der Waals surface area contributed by atoms with E-state index in [-0.39, 0.29) is 11.8 Å². The number of aromatic nitrogens is 2. The molecule has 3 rings (SSSR count). The van der Waals surface area contributed by atoms with Crippen LogP contribution in [0.1, 0.15) is 19.8 Å². The van der Waals surface area contributed by atoms with Crippen molar-refractivity contribution in [2.75, 3.05) is 44.2 Å². The summed E-state index contributed by atoms with van der Waals surface area (Å²) in [4.78, 5) is 25.0. The van der Waals surface area contributed by atoms with Gasteiger partial charge < -0.3 is 10.2 Å². The fourth-order valence-corrected chi connectivity index (χ4v) is 2.96. The number of carbonyl (C=O) groups excluding carboxylic acids is 1. The van der Waals surface area contributed by atoms with Crippen LogP contribution in [0.25, 0.3) is 0 Å². The zero-order chi connectivity index (χ0) is 15.4. The van der Waals surface area contributed by atoms with Crippen LogP contribution in [0.5, 0.6) is 0 Å². The number of piperazine rings is 1.